The predicted molar refractivity (Wildman–Crippen MR) is 106 cm³/mol. The minimum atomic E-state index is 0.166. The van der Waals surface area contributed by atoms with E-state index in [4.69, 9.17) is 18.9 Å². The summed E-state index contributed by atoms with van der Waals surface area (Å²) in [6, 6.07) is 9.55. The lowest BCUT2D eigenvalue weighted by molar-refractivity contribution is 0.322. The van der Waals surface area contributed by atoms with Crippen molar-refractivity contribution in [1.29, 1.82) is 0 Å². The molecule has 0 aliphatic rings. The van der Waals surface area contributed by atoms with Crippen molar-refractivity contribution < 1.29 is 24.1 Å². The fourth-order valence-electron chi connectivity index (χ4n) is 3.25. The van der Waals surface area contributed by atoms with Gasteiger partial charge in [-0.25, -0.2) is 0 Å². The molecule has 2 rings (SSSR count). The van der Waals surface area contributed by atoms with E-state index in [0.717, 1.165) is 24.0 Å². The first-order valence-corrected chi connectivity index (χ1v) is 9.08. The van der Waals surface area contributed by atoms with Crippen LogP contribution in [0.2, 0.25) is 0 Å². The van der Waals surface area contributed by atoms with Gasteiger partial charge in [-0.1, -0.05) is 19.9 Å². The summed E-state index contributed by atoms with van der Waals surface area (Å²) in [7, 11) is 6.43. The molecule has 0 heterocycles. The van der Waals surface area contributed by atoms with E-state index < -0.39 is 0 Å². The number of ether oxygens (including phenoxy) is 4. The molecule has 0 aliphatic carbocycles. The van der Waals surface area contributed by atoms with Gasteiger partial charge in [0.1, 0.15) is 0 Å². The third-order valence-electron chi connectivity index (χ3n) is 5.06. The van der Waals surface area contributed by atoms with Gasteiger partial charge in [-0.3, -0.25) is 0 Å². The Bertz CT molecular complexity index is 731. The van der Waals surface area contributed by atoms with Crippen LogP contribution in [0.5, 0.6) is 28.7 Å². The van der Waals surface area contributed by atoms with Crippen molar-refractivity contribution in [2.45, 2.75) is 26.7 Å². The molecule has 0 bridgehead atoms. The lowest BCUT2D eigenvalue weighted by Gasteiger charge is -2.22. The number of hydrogen-bond donors (Lipinski definition) is 1. The number of rotatable bonds is 9. The van der Waals surface area contributed by atoms with Crippen molar-refractivity contribution >= 4 is 0 Å². The fraction of sp³-hybridized carbons (Fsp3) is 0.455. The molecule has 0 unspecified atom stereocenters. The molecule has 0 amide bonds. The minimum absolute atomic E-state index is 0.166. The Balaban J connectivity index is 2.13. The molecule has 0 saturated carbocycles. The maximum atomic E-state index is 9.76. The van der Waals surface area contributed by atoms with Crippen LogP contribution in [0.3, 0.4) is 0 Å². The highest BCUT2D eigenvalue weighted by Gasteiger charge is 2.18. The van der Waals surface area contributed by atoms with Crippen molar-refractivity contribution in [3.05, 3.63) is 41.5 Å². The maximum Gasteiger partial charge on any atom is 0.203 e. The molecule has 0 spiro atoms. The molecule has 1 N–H and O–H groups in total. The van der Waals surface area contributed by atoms with E-state index in [1.165, 1.54) is 0 Å². The van der Waals surface area contributed by atoms with Crippen LogP contribution in [-0.2, 0) is 12.8 Å². The SMILES string of the molecule is COc1cc(C[C@H](C)[C@H](C)Cc2cc(OC)c(OC)c(OC)c2)ccc1O. The van der Waals surface area contributed by atoms with Gasteiger partial charge in [0, 0.05) is 0 Å². The molecule has 2 aromatic carbocycles. The monoisotopic (exact) mass is 374 g/mol. The quantitative estimate of drug-likeness (QED) is 0.701. The summed E-state index contributed by atoms with van der Waals surface area (Å²) >= 11 is 0. The van der Waals surface area contributed by atoms with Crippen LogP contribution in [0.15, 0.2) is 30.3 Å². The first kappa shape index (κ1) is 20.7. The second kappa shape index (κ2) is 9.40. The Morgan fingerprint density at radius 1 is 0.704 bits per heavy atom. The Hall–Kier alpha value is -2.56. The van der Waals surface area contributed by atoms with Gasteiger partial charge in [-0.2, -0.15) is 0 Å². The van der Waals surface area contributed by atoms with Gasteiger partial charge in [-0.15, -0.1) is 0 Å². The highest BCUT2D eigenvalue weighted by molar-refractivity contribution is 5.54. The molecular formula is C22H30O5. The van der Waals surface area contributed by atoms with Crippen molar-refractivity contribution in [3.8, 4) is 28.7 Å². The summed E-state index contributed by atoms with van der Waals surface area (Å²) in [6.45, 7) is 4.48. The van der Waals surface area contributed by atoms with Crippen molar-refractivity contribution in [3.63, 3.8) is 0 Å². The maximum absolute atomic E-state index is 9.76. The summed E-state index contributed by atoms with van der Waals surface area (Å²) in [5.41, 5.74) is 2.29. The summed E-state index contributed by atoms with van der Waals surface area (Å²) in [4.78, 5) is 0. The second-order valence-electron chi connectivity index (χ2n) is 6.90. The van der Waals surface area contributed by atoms with E-state index in [2.05, 4.69) is 13.8 Å². The van der Waals surface area contributed by atoms with E-state index in [1.807, 2.05) is 24.3 Å². The van der Waals surface area contributed by atoms with Crippen LogP contribution < -0.4 is 18.9 Å². The number of aromatic hydroxyl groups is 1. The molecule has 2 aromatic rings. The summed E-state index contributed by atoms with van der Waals surface area (Å²) < 4.78 is 21.5. The Labute approximate surface area is 161 Å². The molecule has 148 valence electrons. The highest BCUT2D eigenvalue weighted by Crippen LogP contribution is 2.39. The van der Waals surface area contributed by atoms with Crippen molar-refractivity contribution in [2.75, 3.05) is 28.4 Å². The molecule has 5 heteroatoms. The van der Waals surface area contributed by atoms with E-state index in [1.54, 1.807) is 34.5 Å². The van der Waals surface area contributed by atoms with Crippen molar-refractivity contribution in [1.82, 2.24) is 0 Å². The lowest BCUT2D eigenvalue weighted by Crippen LogP contribution is -2.14. The van der Waals surface area contributed by atoms with Crippen molar-refractivity contribution in [2.24, 2.45) is 11.8 Å². The van der Waals surface area contributed by atoms with Crippen LogP contribution in [0.4, 0.5) is 0 Å². The zero-order valence-corrected chi connectivity index (χ0v) is 17.0. The standard InChI is InChI=1S/C22H30O5/c1-14(9-16-7-8-18(23)19(11-16)24-3)15(2)10-17-12-20(25-4)22(27-6)21(13-17)26-5/h7-8,11-15,23H,9-10H2,1-6H3/t14-,15+/m0/s1. The molecule has 5 nitrogen and oxygen atoms in total. The predicted octanol–water partition coefficient (Wildman–Crippen LogP) is 4.48. The zero-order chi connectivity index (χ0) is 20.0. The van der Waals surface area contributed by atoms with Gasteiger partial charge in [-0.05, 0) is 60.1 Å². The van der Waals surface area contributed by atoms with Crippen LogP contribution in [0, 0.1) is 11.8 Å². The molecule has 0 aliphatic heterocycles. The number of phenols is 1. The van der Waals surface area contributed by atoms with Gasteiger partial charge in [0.05, 0.1) is 28.4 Å². The molecular weight excluding hydrogens is 344 g/mol. The van der Waals surface area contributed by atoms with Gasteiger partial charge in [0.15, 0.2) is 23.0 Å². The molecule has 0 saturated heterocycles. The Morgan fingerprint density at radius 2 is 1.19 bits per heavy atom. The molecule has 2 atom stereocenters. The molecule has 0 fully saturated rings. The van der Waals surface area contributed by atoms with Gasteiger partial charge in [0.2, 0.25) is 5.75 Å². The summed E-state index contributed by atoms with van der Waals surface area (Å²) in [6.07, 6.45) is 1.80. The van der Waals surface area contributed by atoms with Crippen LogP contribution in [-0.4, -0.2) is 33.5 Å². The average Bonchev–Trinajstić information content (AvgIpc) is 2.68. The van der Waals surface area contributed by atoms with Crippen LogP contribution in [0.1, 0.15) is 25.0 Å². The Kier molecular flexibility index (Phi) is 7.22. The van der Waals surface area contributed by atoms with E-state index in [-0.39, 0.29) is 5.75 Å². The van der Waals surface area contributed by atoms with Crippen LogP contribution >= 0.6 is 0 Å². The van der Waals surface area contributed by atoms with Gasteiger partial charge >= 0.3 is 0 Å². The topological polar surface area (TPSA) is 57.2 Å². The van der Waals surface area contributed by atoms with Crippen LogP contribution in [0.25, 0.3) is 0 Å². The smallest absolute Gasteiger partial charge is 0.203 e. The zero-order valence-electron chi connectivity index (χ0n) is 17.0. The third kappa shape index (κ3) is 5.00. The summed E-state index contributed by atoms with van der Waals surface area (Å²) in [5, 5.41) is 9.76. The summed E-state index contributed by atoms with van der Waals surface area (Å²) in [5.74, 6) is 3.52. The molecule has 0 aromatic heterocycles. The second-order valence-corrected chi connectivity index (χ2v) is 6.90. The lowest BCUT2D eigenvalue weighted by atomic mass is 9.85. The number of hydrogen-bond acceptors (Lipinski definition) is 5. The van der Waals surface area contributed by atoms with E-state index in [0.29, 0.717) is 34.8 Å². The van der Waals surface area contributed by atoms with E-state index >= 15 is 0 Å². The molecule has 27 heavy (non-hydrogen) atoms. The number of phenolic OH excluding ortho intramolecular Hbond substituents is 1. The number of methoxy groups -OCH3 is 4. The van der Waals surface area contributed by atoms with E-state index in [9.17, 15) is 5.11 Å². The molecule has 0 radical (unpaired) electrons. The minimum Gasteiger partial charge on any atom is -0.504 e. The normalized spacial score (nSPS) is 13.0. The van der Waals surface area contributed by atoms with Gasteiger partial charge in [0.25, 0.3) is 0 Å². The first-order valence-electron chi connectivity index (χ1n) is 9.08. The fourth-order valence-corrected chi connectivity index (χ4v) is 3.25. The third-order valence-corrected chi connectivity index (χ3v) is 5.06. The largest absolute Gasteiger partial charge is 0.504 e. The highest BCUT2D eigenvalue weighted by atomic mass is 16.5. The number of benzene rings is 2. The van der Waals surface area contributed by atoms with Gasteiger partial charge < -0.3 is 24.1 Å². The Morgan fingerprint density at radius 3 is 1.67 bits per heavy atom. The average molecular weight is 374 g/mol. The first-order chi connectivity index (χ1) is 12.9.